The first-order valence-corrected chi connectivity index (χ1v) is 6.58. The number of alkyl halides is 3. The van der Waals surface area contributed by atoms with Crippen molar-refractivity contribution >= 4 is 17.1 Å². The van der Waals surface area contributed by atoms with Crippen molar-refractivity contribution in [2.24, 2.45) is 0 Å². The molecule has 11 heteroatoms. The van der Waals surface area contributed by atoms with Crippen LogP contribution in [0.4, 0.5) is 34.6 Å². The number of nitrogens with one attached hydrogen (secondary N) is 1. The van der Waals surface area contributed by atoms with Gasteiger partial charge in [0.15, 0.2) is 11.5 Å². The summed E-state index contributed by atoms with van der Waals surface area (Å²) >= 11 is 0. The number of aromatic nitrogens is 1. The Morgan fingerprint density at radius 3 is 2.56 bits per heavy atom. The predicted molar refractivity (Wildman–Crippen MR) is 78.7 cm³/mol. The topological polar surface area (TPSA) is 118 Å². The molecule has 0 amide bonds. The molecule has 130 valence electrons. The molecule has 0 radical (unpaired) electrons. The van der Waals surface area contributed by atoms with E-state index in [0.29, 0.717) is 6.07 Å². The van der Waals surface area contributed by atoms with Gasteiger partial charge in [-0.3, -0.25) is 10.1 Å². The minimum atomic E-state index is -4.72. The maximum Gasteiger partial charge on any atom is 0.419 e. The highest BCUT2D eigenvalue weighted by Crippen LogP contribution is 2.32. The van der Waals surface area contributed by atoms with Crippen molar-refractivity contribution < 1.29 is 22.5 Å². The molecule has 1 heterocycles. The summed E-state index contributed by atoms with van der Waals surface area (Å²) in [5.41, 5.74) is 1.91. The van der Waals surface area contributed by atoms with Crippen molar-refractivity contribution in [3.8, 4) is 6.07 Å². The second-order valence-corrected chi connectivity index (χ2v) is 4.78. The summed E-state index contributed by atoms with van der Waals surface area (Å²) in [5, 5.41) is 22.0. The van der Waals surface area contributed by atoms with Crippen molar-refractivity contribution in [2.75, 3.05) is 11.1 Å². The lowest BCUT2D eigenvalue weighted by Crippen LogP contribution is -2.12. The predicted octanol–water partition coefficient (Wildman–Crippen LogP) is 3.21. The smallest absolute Gasteiger partial charge is 0.391 e. The third kappa shape index (κ3) is 3.74. The zero-order valence-corrected chi connectivity index (χ0v) is 12.3. The van der Waals surface area contributed by atoms with Crippen LogP contribution in [-0.2, 0) is 12.7 Å². The SMILES string of the molecule is N#Cc1nc(CNc2ccc([N+](=O)[O-])c(N)c2F)ccc1C(F)(F)F. The molecule has 0 aliphatic rings. The summed E-state index contributed by atoms with van der Waals surface area (Å²) in [5.74, 6) is -1.07. The number of nitrogen functional groups attached to an aromatic ring is 1. The van der Waals surface area contributed by atoms with Gasteiger partial charge >= 0.3 is 6.18 Å². The van der Waals surface area contributed by atoms with Crippen LogP contribution in [-0.4, -0.2) is 9.91 Å². The molecule has 2 rings (SSSR count). The Morgan fingerprint density at radius 2 is 2.00 bits per heavy atom. The van der Waals surface area contributed by atoms with Gasteiger partial charge in [0.2, 0.25) is 0 Å². The highest BCUT2D eigenvalue weighted by atomic mass is 19.4. The fraction of sp³-hybridized carbons (Fsp3) is 0.143. The molecule has 7 nitrogen and oxygen atoms in total. The van der Waals surface area contributed by atoms with Crippen LogP contribution in [0.25, 0.3) is 0 Å². The van der Waals surface area contributed by atoms with Gasteiger partial charge in [0.25, 0.3) is 5.69 Å². The summed E-state index contributed by atoms with van der Waals surface area (Å²) in [6.07, 6.45) is -4.72. The normalized spacial score (nSPS) is 11.0. The van der Waals surface area contributed by atoms with E-state index in [1.807, 2.05) is 0 Å². The zero-order valence-electron chi connectivity index (χ0n) is 12.3. The van der Waals surface area contributed by atoms with Crippen LogP contribution in [0.1, 0.15) is 17.0 Å². The number of nitrogens with zero attached hydrogens (tertiary/aromatic N) is 3. The van der Waals surface area contributed by atoms with E-state index < -0.39 is 39.5 Å². The van der Waals surface area contributed by atoms with Gasteiger partial charge in [-0.15, -0.1) is 0 Å². The van der Waals surface area contributed by atoms with Crippen LogP contribution in [0.15, 0.2) is 24.3 Å². The molecule has 3 N–H and O–H groups in total. The van der Waals surface area contributed by atoms with E-state index in [0.717, 1.165) is 18.2 Å². The number of pyridine rings is 1. The van der Waals surface area contributed by atoms with Crippen LogP contribution in [0.2, 0.25) is 0 Å². The molecule has 0 aliphatic heterocycles. The number of anilines is 2. The van der Waals surface area contributed by atoms with Crippen LogP contribution in [0.3, 0.4) is 0 Å². The number of nitro benzene ring substituents is 1. The Bertz CT molecular complexity index is 877. The van der Waals surface area contributed by atoms with E-state index in [9.17, 15) is 27.7 Å². The van der Waals surface area contributed by atoms with Crippen LogP contribution in [0, 0.1) is 27.3 Å². The van der Waals surface area contributed by atoms with Gasteiger partial charge in [0.1, 0.15) is 11.8 Å². The number of nitrogens with two attached hydrogens (primary N) is 1. The van der Waals surface area contributed by atoms with E-state index in [-0.39, 0.29) is 17.9 Å². The largest absolute Gasteiger partial charge is 0.419 e. The molecular weight excluding hydrogens is 346 g/mol. The Hall–Kier alpha value is -3.42. The van der Waals surface area contributed by atoms with Gasteiger partial charge < -0.3 is 11.1 Å². The summed E-state index contributed by atoms with van der Waals surface area (Å²) in [7, 11) is 0. The second-order valence-electron chi connectivity index (χ2n) is 4.78. The number of halogens is 4. The summed E-state index contributed by atoms with van der Waals surface area (Å²) in [4.78, 5) is 13.4. The molecule has 0 aliphatic carbocycles. The molecular formula is C14H9F4N5O2. The average Bonchev–Trinajstić information content (AvgIpc) is 2.54. The molecule has 0 atom stereocenters. The summed E-state index contributed by atoms with van der Waals surface area (Å²) in [6.45, 7) is -0.221. The van der Waals surface area contributed by atoms with E-state index in [1.165, 1.54) is 6.07 Å². The average molecular weight is 355 g/mol. The van der Waals surface area contributed by atoms with Crippen molar-refractivity contribution in [3.63, 3.8) is 0 Å². The number of hydrogen-bond acceptors (Lipinski definition) is 6. The van der Waals surface area contributed by atoms with E-state index >= 15 is 0 Å². The number of hydrogen-bond donors (Lipinski definition) is 2. The molecule has 0 unspecified atom stereocenters. The van der Waals surface area contributed by atoms with Gasteiger partial charge in [-0.25, -0.2) is 9.37 Å². The van der Waals surface area contributed by atoms with Crippen molar-refractivity contribution in [2.45, 2.75) is 12.7 Å². The maximum absolute atomic E-state index is 14.0. The number of benzene rings is 1. The minimum Gasteiger partial charge on any atom is -0.391 e. The van der Waals surface area contributed by atoms with Gasteiger partial charge in [-0.05, 0) is 18.2 Å². The first-order valence-electron chi connectivity index (χ1n) is 6.58. The molecule has 0 bridgehead atoms. The van der Waals surface area contributed by atoms with Crippen molar-refractivity contribution in [3.05, 3.63) is 57.1 Å². The number of nitriles is 1. The van der Waals surface area contributed by atoms with Crippen LogP contribution < -0.4 is 11.1 Å². The van der Waals surface area contributed by atoms with Crippen LogP contribution >= 0.6 is 0 Å². The lowest BCUT2D eigenvalue weighted by Gasteiger charge is -2.11. The highest BCUT2D eigenvalue weighted by Gasteiger charge is 2.34. The molecule has 25 heavy (non-hydrogen) atoms. The van der Waals surface area contributed by atoms with Gasteiger partial charge in [-0.2, -0.15) is 18.4 Å². The highest BCUT2D eigenvalue weighted by molar-refractivity contribution is 5.67. The maximum atomic E-state index is 14.0. The van der Waals surface area contributed by atoms with Crippen LogP contribution in [0.5, 0.6) is 0 Å². The Morgan fingerprint density at radius 1 is 1.32 bits per heavy atom. The quantitative estimate of drug-likeness (QED) is 0.376. The Balaban J connectivity index is 2.24. The molecule has 1 aromatic carbocycles. The molecule has 2 aromatic rings. The molecule has 0 fully saturated rings. The Kier molecular flexibility index (Phi) is 4.73. The molecule has 0 saturated heterocycles. The molecule has 0 saturated carbocycles. The second kappa shape index (κ2) is 6.60. The first kappa shape index (κ1) is 17.9. The third-order valence-corrected chi connectivity index (χ3v) is 3.18. The summed E-state index contributed by atoms with van der Waals surface area (Å²) in [6, 6.07) is 5.14. The van der Waals surface area contributed by atoms with E-state index in [2.05, 4.69) is 10.3 Å². The van der Waals surface area contributed by atoms with E-state index in [1.54, 1.807) is 0 Å². The standard InChI is InChI=1S/C14H9F4N5O2/c15-12-9(3-4-11(13(12)20)23(24)25)21-6-7-1-2-8(14(16,17)18)10(5-19)22-7/h1-4,21H,6,20H2. The fourth-order valence-corrected chi connectivity index (χ4v) is 1.98. The number of rotatable bonds is 4. The lowest BCUT2D eigenvalue weighted by atomic mass is 10.1. The summed E-state index contributed by atoms with van der Waals surface area (Å²) < 4.78 is 52.1. The van der Waals surface area contributed by atoms with Gasteiger partial charge in [0, 0.05) is 6.07 Å². The van der Waals surface area contributed by atoms with Crippen molar-refractivity contribution in [1.82, 2.24) is 4.98 Å². The monoisotopic (exact) mass is 355 g/mol. The van der Waals surface area contributed by atoms with Gasteiger partial charge in [0.05, 0.1) is 28.4 Å². The van der Waals surface area contributed by atoms with Crippen molar-refractivity contribution in [1.29, 1.82) is 5.26 Å². The van der Waals surface area contributed by atoms with E-state index in [4.69, 9.17) is 11.0 Å². The third-order valence-electron chi connectivity index (χ3n) is 3.18. The first-order chi connectivity index (χ1) is 11.6. The van der Waals surface area contributed by atoms with Gasteiger partial charge in [-0.1, -0.05) is 0 Å². The molecule has 0 spiro atoms. The lowest BCUT2D eigenvalue weighted by molar-refractivity contribution is -0.384. The minimum absolute atomic E-state index is 0.0425. The number of nitro groups is 1. The Labute approximate surface area is 137 Å². The molecule has 1 aromatic heterocycles. The zero-order chi connectivity index (χ0) is 18.8. The fourth-order valence-electron chi connectivity index (χ4n) is 1.98.